The van der Waals surface area contributed by atoms with Gasteiger partial charge in [-0.15, -0.1) is 0 Å². The van der Waals surface area contributed by atoms with E-state index in [2.05, 4.69) is 15.8 Å². The third-order valence-electron chi connectivity index (χ3n) is 4.77. The highest BCUT2D eigenvalue weighted by molar-refractivity contribution is 6.30. The SMILES string of the molecule is C[C@H](NC(=O)CON=C1CCN(C(=O)Nc2ccccc2)CC1)c1cccc(Cl)c1. The standard InChI is InChI=1S/C22H25ClN4O3/c1-16(17-6-5-7-18(23)14-17)24-21(28)15-30-26-20-10-12-27(13-11-20)22(29)25-19-8-3-2-4-9-19/h2-9,14,16H,10-13,15H2,1H3,(H,24,28)(H,25,29)/t16-/m0/s1. The van der Waals surface area contributed by atoms with Crippen LogP contribution in [0.15, 0.2) is 59.8 Å². The van der Waals surface area contributed by atoms with Crippen LogP contribution < -0.4 is 10.6 Å². The van der Waals surface area contributed by atoms with Gasteiger partial charge in [-0.2, -0.15) is 0 Å². The number of anilines is 1. The summed E-state index contributed by atoms with van der Waals surface area (Å²) in [5.41, 5.74) is 2.53. The average molecular weight is 429 g/mol. The number of halogens is 1. The molecule has 3 rings (SSSR count). The van der Waals surface area contributed by atoms with Gasteiger partial charge in [-0.05, 0) is 36.8 Å². The maximum atomic E-state index is 12.3. The molecule has 2 N–H and O–H groups in total. The van der Waals surface area contributed by atoms with Gasteiger partial charge in [0.25, 0.3) is 5.91 Å². The van der Waals surface area contributed by atoms with Gasteiger partial charge < -0.3 is 20.4 Å². The summed E-state index contributed by atoms with van der Waals surface area (Å²) in [4.78, 5) is 31.3. The van der Waals surface area contributed by atoms with E-state index in [9.17, 15) is 9.59 Å². The number of nitrogens with one attached hydrogen (secondary N) is 2. The smallest absolute Gasteiger partial charge is 0.321 e. The van der Waals surface area contributed by atoms with E-state index in [-0.39, 0.29) is 24.6 Å². The van der Waals surface area contributed by atoms with E-state index >= 15 is 0 Å². The van der Waals surface area contributed by atoms with Crippen molar-refractivity contribution in [3.63, 3.8) is 0 Å². The number of likely N-dealkylation sites (tertiary alicyclic amines) is 1. The van der Waals surface area contributed by atoms with Crippen LogP contribution in [-0.2, 0) is 9.63 Å². The Morgan fingerprint density at radius 2 is 1.87 bits per heavy atom. The molecule has 0 saturated carbocycles. The summed E-state index contributed by atoms with van der Waals surface area (Å²) in [7, 11) is 0. The van der Waals surface area contributed by atoms with Crippen molar-refractivity contribution in [2.75, 3.05) is 25.0 Å². The van der Waals surface area contributed by atoms with Gasteiger partial charge in [0.1, 0.15) is 0 Å². The highest BCUT2D eigenvalue weighted by Gasteiger charge is 2.20. The van der Waals surface area contributed by atoms with E-state index in [4.69, 9.17) is 16.4 Å². The lowest BCUT2D eigenvalue weighted by atomic mass is 10.1. The fraction of sp³-hybridized carbons (Fsp3) is 0.318. The van der Waals surface area contributed by atoms with Gasteiger partial charge in [0.2, 0.25) is 0 Å². The molecule has 8 heteroatoms. The van der Waals surface area contributed by atoms with Crippen LogP contribution in [0, 0.1) is 0 Å². The van der Waals surface area contributed by atoms with Crippen LogP contribution in [0.4, 0.5) is 10.5 Å². The lowest BCUT2D eigenvalue weighted by Gasteiger charge is -2.27. The normalized spacial score (nSPS) is 14.6. The summed E-state index contributed by atoms with van der Waals surface area (Å²) in [5.74, 6) is -0.258. The summed E-state index contributed by atoms with van der Waals surface area (Å²) < 4.78 is 0. The number of carbonyl (C=O) groups is 2. The Kier molecular flexibility index (Phi) is 7.68. The molecule has 1 aliphatic rings. The first-order valence-electron chi connectivity index (χ1n) is 9.85. The molecule has 0 radical (unpaired) electrons. The number of amides is 3. The van der Waals surface area contributed by atoms with Crippen LogP contribution in [0.2, 0.25) is 5.02 Å². The number of carbonyl (C=O) groups excluding carboxylic acids is 2. The molecule has 1 fully saturated rings. The minimum Gasteiger partial charge on any atom is -0.386 e. The third-order valence-corrected chi connectivity index (χ3v) is 5.00. The van der Waals surface area contributed by atoms with Gasteiger partial charge in [0, 0.05) is 36.6 Å². The highest BCUT2D eigenvalue weighted by atomic mass is 35.5. The van der Waals surface area contributed by atoms with Crippen molar-refractivity contribution in [2.24, 2.45) is 5.16 Å². The number of piperidine rings is 1. The highest BCUT2D eigenvalue weighted by Crippen LogP contribution is 2.17. The zero-order chi connectivity index (χ0) is 21.3. The van der Waals surface area contributed by atoms with E-state index in [1.807, 2.05) is 55.5 Å². The van der Waals surface area contributed by atoms with Crippen LogP contribution in [0.5, 0.6) is 0 Å². The fourth-order valence-electron chi connectivity index (χ4n) is 3.11. The number of urea groups is 1. The number of para-hydroxylation sites is 1. The van der Waals surface area contributed by atoms with Crippen LogP contribution in [-0.4, -0.2) is 42.2 Å². The molecular formula is C22H25ClN4O3. The molecule has 1 saturated heterocycles. The summed E-state index contributed by atoms with van der Waals surface area (Å²) in [6.45, 7) is 2.83. The predicted molar refractivity (Wildman–Crippen MR) is 118 cm³/mol. The summed E-state index contributed by atoms with van der Waals surface area (Å²) >= 11 is 5.98. The minimum absolute atomic E-state index is 0.129. The van der Waals surface area contributed by atoms with Gasteiger partial charge in [0.05, 0.1) is 11.8 Å². The second kappa shape index (κ2) is 10.6. The van der Waals surface area contributed by atoms with Crippen molar-refractivity contribution in [1.29, 1.82) is 0 Å². The molecule has 30 heavy (non-hydrogen) atoms. The van der Waals surface area contributed by atoms with Crippen LogP contribution in [0.25, 0.3) is 0 Å². The molecule has 0 aromatic heterocycles. The summed E-state index contributed by atoms with van der Waals surface area (Å²) in [5, 5.41) is 10.4. The van der Waals surface area contributed by atoms with Crippen molar-refractivity contribution in [1.82, 2.24) is 10.2 Å². The lowest BCUT2D eigenvalue weighted by Crippen LogP contribution is -2.41. The van der Waals surface area contributed by atoms with Crippen LogP contribution in [0.1, 0.15) is 31.4 Å². The largest absolute Gasteiger partial charge is 0.386 e. The van der Waals surface area contributed by atoms with E-state index in [0.717, 1.165) is 17.0 Å². The van der Waals surface area contributed by atoms with Crippen molar-refractivity contribution in [3.05, 3.63) is 65.2 Å². The Labute approximate surface area is 181 Å². The van der Waals surface area contributed by atoms with Crippen molar-refractivity contribution < 1.29 is 14.4 Å². The minimum atomic E-state index is -0.258. The summed E-state index contributed by atoms with van der Waals surface area (Å²) in [6, 6.07) is 16.4. The van der Waals surface area contributed by atoms with Crippen molar-refractivity contribution >= 4 is 34.9 Å². The van der Waals surface area contributed by atoms with Crippen LogP contribution >= 0.6 is 11.6 Å². The number of hydrogen-bond acceptors (Lipinski definition) is 4. The molecule has 3 amide bonds. The van der Waals surface area contributed by atoms with Gasteiger partial charge in [-0.3, -0.25) is 4.79 Å². The fourth-order valence-corrected chi connectivity index (χ4v) is 3.31. The molecular weight excluding hydrogens is 404 g/mol. The molecule has 1 heterocycles. The molecule has 0 spiro atoms. The topological polar surface area (TPSA) is 83.0 Å². The van der Waals surface area contributed by atoms with Gasteiger partial charge >= 0.3 is 6.03 Å². The van der Waals surface area contributed by atoms with E-state index in [1.54, 1.807) is 11.0 Å². The Bertz CT molecular complexity index is 894. The molecule has 2 aromatic carbocycles. The second-order valence-electron chi connectivity index (χ2n) is 7.06. The maximum absolute atomic E-state index is 12.3. The monoisotopic (exact) mass is 428 g/mol. The lowest BCUT2D eigenvalue weighted by molar-refractivity contribution is -0.126. The molecule has 1 aliphatic heterocycles. The zero-order valence-electron chi connectivity index (χ0n) is 16.8. The molecule has 0 unspecified atom stereocenters. The molecule has 2 aromatic rings. The first-order valence-corrected chi connectivity index (χ1v) is 10.2. The van der Waals surface area contributed by atoms with E-state index < -0.39 is 0 Å². The molecule has 158 valence electrons. The van der Waals surface area contributed by atoms with Crippen molar-refractivity contribution in [2.45, 2.75) is 25.8 Å². The quantitative estimate of drug-likeness (QED) is 0.676. The van der Waals surface area contributed by atoms with Gasteiger partial charge in [-0.1, -0.05) is 47.1 Å². The maximum Gasteiger partial charge on any atom is 0.321 e. The molecule has 1 atom stereocenters. The first-order chi connectivity index (χ1) is 14.5. The number of hydrogen-bond donors (Lipinski definition) is 2. The van der Waals surface area contributed by atoms with E-state index in [0.29, 0.717) is 31.0 Å². The molecule has 7 nitrogen and oxygen atoms in total. The third kappa shape index (κ3) is 6.49. The predicted octanol–water partition coefficient (Wildman–Crippen LogP) is 4.22. The number of oxime groups is 1. The average Bonchev–Trinajstić information content (AvgIpc) is 2.75. The number of nitrogens with zero attached hydrogens (tertiary/aromatic N) is 2. The first kappa shape index (κ1) is 21.6. The van der Waals surface area contributed by atoms with Crippen molar-refractivity contribution in [3.8, 4) is 0 Å². The van der Waals surface area contributed by atoms with Crippen LogP contribution in [0.3, 0.4) is 0 Å². The Morgan fingerprint density at radius 1 is 1.13 bits per heavy atom. The Balaban J connectivity index is 1.38. The van der Waals surface area contributed by atoms with Gasteiger partial charge in [-0.25, -0.2) is 4.79 Å². The Morgan fingerprint density at radius 3 is 2.57 bits per heavy atom. The zero-order valence-corrected chi connectivity index (χ0v) is 17.6. The Hall–Kier alpha value is -3.06. The number of rotatable bonds is 6. The molecule has 0 aliphatic carbocycles. The van der Waals surface area contributed by atoms with Gasteiger partial charge in [0.15, 0.2) is 6.61 Å². The second-order valence-corrected chi connectivity index (χ2v) is 7.49. The van der Waals surface area contributed by atoms with E-state index in [1.165, 1.54) is 0 Å². The molecule has 0 bridgehead atoms. The summed E-state index contributed by atoms with van der Waals surface area (Å²) in [6.07, 6.45) is 1.23. The number of benzene rings is 2.